The second-order valence-corrected chi connectivity index (χ2v) is 11.6. The molecule has 0 saturated heterocycles. The quantitative estimate of drug-likeness (QED) is 0.209. The maximum atomic E-state index is 6.65. The van der Waals surface area contributed by atoms with E-state index in [1.54, 1.807) is 0 Å². The molecule has 0 saturated carbocycles. The zero-order valence-corrected chi connectivity index (χ0v) is 23.9. The number of benzene rings is 6. The number of thiophene rings is 1. The Kier molecular flexibility index (Phi) is 6.03. The number of halogens is 1. The highest BCUT2D eigenvalue weighted by Crippen LogP contribution is 2.42. The Labute approximate surface area is 251 Å². The molecule has 8 aromatic rings. The van der Waals surface area contributed by atoms with Gasteiger partial charge in [-0.1, -0.05) is 109 Å². The summed E-state index contributed by atoms with van der Waals surface area (Å²) in [7, 11) is 0. The first-order valence-electron chi connectivity index (χ1n) is 13.7. The van der Waals surface area contributed by atoms with Crippen molar-refractivity contribution in [3.63, 3.8) is 0 Å². The van der Waals surface area contributed by atoms with Gasteiger partial charge in [0.1, 0.15) is 0 Å². The van der Waals surface area contributed by atoms with Crippen LogP contribution in [0.3, 0.4) is 0 Å². The average Bonchev–Trinajstić information content (AvgIpc) is 3.43. The molecular weight excluding hydrogens is 554 g/mol. The molecule has 198 valence electrons. The van der Waals surface area contributed by atoms with Crippen molar-refractivity contribution in [1.82, 2.24) is 15.0 Å². The molecule has 3 nitrogen and oxygen atoms in total. The SMILES string of the molecule is Clc1nc(-c2ccccc2-c2cccc3sc4ccccc4c23)nc(-c2cc(-c3ccccc3)cc3ccccc23)n1. The van der Waals surface area contributed by atoms with Gasteiger partial charge >= 0.3 is 0 Å². The Hall–Kier alpha value is -4.90. The lowest BCUT2D eigenvalue weighted by Crippen LogP contribution is -1.99. The van der Waals surface area contributed by atoms with Crippen LogP contribution in [0.2, 0.25) is 5.28 Å². The summed E-state index contributed by atoms with van der Waals surface area (Å²) in [5, 5.41) is 4.84. The first-order chi connectivity index (χ1) is 20.7. The first kappa shape index (κ1) is 24.9. The lowest BCUT2D eigenvalue weighted by molar-refractivity contribution is 1.07. The minimum atomic E-state index is 0.165. The van der Waals surface area contributed by atoms with Crippen LogP contribution in [0.4, 0.5) is 0 Å². The molecule has 0 N–H and O–H groups in total. The number of fused-ring (bicyclic) bond motifs is 4. The summed E-state index contributed by atoms with van der Waals surface area (Å²) in [6, 6.07) is 46.4. The molecule has 0 aliphatic heterocycles. The lowest BCUT2D eigenvalue weighted by atomic mass is 9.95. The zero-order chi connectivity index (χ0) is 28.0. The molecule has 6 aromatic carbocycles. The Bertz CT molecular complexity index is 2270. The molecule has 2 aromatic heterocycles. The van der Waals surface area contributed by atoms with Gasteiger partial charge in [0.05, 0.1) is 0 Å². The van der Waals surface area contributed by atoms with E-state index in [4.69, 9.17) is 16.6 Å². The average molecular weight is 576 g/mol. The number of nitrogens with zero attached hydrogens (tertiary/aromatic N) is 3. The Morgan fingerprint density at radius 1 is 0.452 bits per heavy atom. The van der Waals surface area contributed by atoms with Crippen molar-refractivity contribution in [3.05, 3.63) is 139 Å². The summed E-state index contributed by atoms with van der Waals surface area (Å²) < 4.78 is 2.52. The van der Waals surface area contributed by atoms with E-state index in [2.05, 4.69) is 125 Å². The van der Waals surface area contributed by atoms with Gasteiger partial charge in [-0.05, 0) is 68.9 Å². The number of hydrogen-bond acceptors (Lipinski definition) is 4. The van der Waals surface area contributed by atoms with Crippen LogP contribution < -0.4 is 0 Å². The van der Waals surface area contributed by atoms with Crippen LogP contribution >= 0.6 is 22.9 Å². The Balaban J connectivity index is 1.35. The van der Waals surface area contributed by atoms with Crippen molar-refractivity contribution < 1.29 is 0 Å². The van der Waals surface area contributed by atoms with Crippen LogP contribution in [-0.4, -0.2) is 15.0 Å². The van der Waals surface area contributed by atoms with Gasteiger partial charge in [-0.3, -0.25) is 0 Å². The maximum absolute atomic E-state index is 6.65. The molecule has 42 heavy (non-hydrogen) atoms. The lowest BCUT2D eigenvalue weighted by Gasteiger charge is -2.13. The summed E-state index contributed by atoms with van der Waals surface area (Å²) >= 11 is 8.46. The first-order valence-corrected chi connectivity index (χ1v) is 14.9. The summed E-state index contributed by atoms with van der Waals surface area (Å²) in [4.78, 5) is 14.4. The van der Waals surface area contributed by atoms with Crippen LogP contribution in [0.5, 0.6) is 0 Å². The number of hydrogen-bond donors (Lipinski definition) is 0. The molecule has 2 heterocycles. The van der Waals surface area contributed by atoms with Crippen molar-refractivity contribution in [2.75, 3.05) is 0 Å². The van der Waals surface area contributed by atoms with Gasteiger partial charge in [0, 0.05) is 31.3 Å². The second kappa shape index (κ2) is 10.2. The van der Waals surface area contributed by atoms with Crippen molar-refractivity contribution in [2.24, 2.45) is 0 Å². The molecule has 0 atom stereocenters. The fourth-order valence-corrected chi connectivity index (χ4v) is 7.09. The van der Waals surface area contributed by atoms with E-state index >= 15 is 0 Å². The molecule has 0 unspecified atom stereocenters. The van der Waals surface area contributed by atoms with Gasteiger partial charge in [0.15, 0.2) is 11.6 Å². The molecule has 0 aliphatic rings. The maximum Gasteiger partial charge on any atom is 0.226 e. The van der Waals surface area contributed by atoms with Crippen LogP contribution in [0.1, 0.15) is 0 Å². The molecule has 0 aliphatic carbocycles. The van der Waals surface area contributed by atoms with E-state index in [9.17, 15) is 0 Å². The molecule has 5 heteroatoms. The monoisotopic (exact) mass is 575 g/mol. The summed E-state index contributed by atoms with van der Waals surface area (Å²) in [6.07, 6.45) is 0. The Morgan fingerprint density at radius 2 is 1.10 bits per heavy atom. The second-order valence-electron chi connectivity index (χ2n) is 10.2. The van der Waals surface area contributed by atoms with Crippen LogP contribution in [-0.2, 0) is 0 Å². The molecule has 0 bridgehead atoms. The third-order valence-electron chi connectivity index (χ3n) is 7.68. The van der Waals surface area contributed by atoms with Gasteiger partial charge < -0.3 is 0 Å². The van der Waals surface area contributed by atoms with Gasteiger partial charge in [0.2, 0.25) is 5.28 Å². The summed E-state index contributed by atoms with van der Waals surface area (Å²) in [5.74, 6) is 1.10. The topological polar surface area (TPSA) is 38.7 Å². The minimum absolute atomic E-state index is 0.165. The highest BCUT2D eigenvalue weighted by molar-refractivity contribution is 7.25. The van der Waals surface area contributed by atoms with E-state index in [1.165, 1.54) is 20.2 Å². The van der Waals surface area contributed by atoms with Gasteiger partial charge in [-0.15, -0.1) is 11.3 Å². The number of rotatable bonds is 4. The molecule has 8 rings (SSSR count). The van der Waals surface area contributed by atoms with E-state index in [0.717, 1.165) is 44.2 Å². The fraction of sp³-hybridized carbons (Fsp3) is 0. The van der Waals surface area contributed by atoms with E-state index in [0.29, 0.717) is 11.6 Å². The van der Waals surface area contributed by atoms with Crippen LogP contribution in [0.15, 0.2) is 133 Å². The highest BCUT2D eigenvalue weighted by Gasteiger charge is 2.18. The predicted molar refractivity (Wildman–Crippen MR) is 177 cm³/mol. The normalized spacial score (nSPS) is 11.5. The predicted octanol–water partition coefficient (Wildman–Crippen LogP) is 10.7. The molecule has 0 spiro atoms. The largest absolute Gasteiger partial charge is 0.226 e. The summed E-state index contributed by atoms with van der Waals surface area (Å²) in [6.45, 7) is 0. The van der Waals surface area contributed by atoms with E-state index < -0.39 is 0 Å². The third-order valence-corrected chi connectivity index (χ3v) is 8.98. The molecule has 0 fully saturated rings. The highest BCUT2D eigenvalue weighted by atomic mass is 35.5. The minimum Gasteiger partial charge on any atom is -0.208 e. The van der Waals surface area contributed by atoms with Crippen molar-refractivity contribution in [2.45, 2.75) is 0 Å². The van der Waals surface area contributed by atoms with Gasteiger partial charge in [0.25, 0.3) is 0 Å². The molecular formula is C37H22ClN3S. The Morgan fingerprint density at radius 3 is 1.95 bits per heavy atom. The van der Waals surface area contributed by atoms with Gasteiger partial charge in [-0.25, -0.2) is 4.98 Å². The number of aromatic nitrogens is 3. The fourth-order valence-electron chi connectivity index (χ4n) is 5.80. The van der Waals surface area contributed by atoms with Crippen LogP contribution in [0.25, 0.3) is 76.0 Å². The smallest absolute Gasteiger partial charge is 0.208 e. The molecule has 0 amide bonds. The van der Waals surface area contributed by atoms with Crippen LogP contribution in [0, 0.1) is 0 Å². The molecule has 0 radical (unpaired) electrons. The van der Waals surface area contributed by atoms with E-state index in [1.807, 2.05) is 29.5 Å². The standard InChI is InChI=1S/C37H22ClN3S/c38-37-40-35(29-16-7-6-15-27(29)28-18-10-20-33-34(28)30-17-8-9-19-32(30)42-33)39-36(41-37)31-22-25(23-11-2-1-3-12-23)21-24-13-4-5-14-26(24)31/h1-22H. The van der Waals surface area contributed by atoms with Crippen molar-refractivity contribution in [1.29, 1.82) is 0 Å². The van der Waals surface area contributed by atoms with Crippen molar-refractivity contribution >= 4 is 53.9 Å². The zero-order valence-electron chi connectivity index (χ0n) is 22.3. The third kappa shape index (κ3) is 4.24. The van der Waals surface area contributed by atoms with E-state index in [-0.39, 0.29) is 5.28 Å². The van der Waals surface area contributed by atoms with Gasteiger partial charge in [-0.2, -0.15) is 9.97 Å². The van der Waals surface area contributed by atoms with Crippen molar-refractivity contribution in [3.8, 4) is 45.0 Å². The summed E-state index contributed by atoms with van der Waals surface area (Å²) in [5.41, 5.74) is 6.26.